The molecule has 1 atom stereocenters. The summed E-state index contributed by atoms with van der Waals surface area (Å²) in [6, 6.07) is 8.58. The van der Waals surface area contributed by atoms with Gasteiger partial charge in [-0.3, -0.25) is 9.59 Å². The van der Waals surface area contributed by atoms with Crippen LogP contribution in [-0.2, 0) is 29.4 Å². The van der Waals surface area contributed by atoms with Crippen LogP contribution in [0.15, 0.2) is 30.3 Å². The van der Waals surface area contributed by atoms with E-state index in [1.807, 2.05) is 0 Å². The highest BCUT2D eigenvalue weighted by Gasteiger charge is 2.57. The number of carbonyl (C=O) groups is 4. The molecule has 1 fully saturated rings. The number of amides is 1. The van der Waals surface area contributed by atoms with Gasteiger partial charge in [-0.25, -0.2) is 4.79 Å². The zero-order chi connectivity index (χ0) is 17.0. The van der Waals surface area contributed by atoms with Gasteiger partial charge in [0.15, 0.2) is 5.41 Å². The summed E-state index contributed by atoms with van der Waals surface area (Å²) >= 11 is 0. The topological polar surface area (TPSA) is 80.8 Å². The monoisotopic (exact) mass is 317 g/mol. The lowest BCUT2D eigenvalue weighted by atomic mass is 9.76. The molecule has 1 aromatic rings. The van der Waals surface area contributed by atoms with Gasteiger partial charge in [0.1, 0.15) is 11.6 Å². The molecule has 23 heavy (non-hydrogen) atoms. The molecule has 1 aliphatic heterocycles. The highest BCUT2D eigenvalue weighted by atomic mass is 16.7. The van der Waals surface area contributed by atoms with Crippen molar-refractivity contribution >= 4 is 23.4 Å². The second-order valence-electron chi connectivity index (χ2n) is 5.71. The largest absolute Gasteiger partial charge is 0.352 e. The van der Waals surface area contributed by atoms with Crippen LogP contribution in [-0.4, -0.2) is 35.1 Å². The number of carbonyl (C=O) groups excluding carboxylic acids is 4. The molecule has 1 amide bonds. The molecule has 2 rings (SSSR count). The maximum Gasteiger partial charge on any atom is 0.352 e. The van der Waals surface area contributed by atoms with Crippen LogP contribution in [0.2, 0.25) is 0 Å². The standard InChI is InChI=1S/C17H19NO5/c1-12(19)8-10-17(14-6-4-3-5-7-14)15(21)18(23-16(17)22)11-9-13(2)20/h3-7H,8-11H2,1-2H3. The van der Waals surface area contributed by atoms with E-state index in [2.05, 4.69) is 0 Å². The van der Waals surface area contributed by atoms with Gasteiger partial charge in [-0.05, 0) is 25.8 Å². The molecule has 0 radical (unpaired) electrons. The van der Waals surface area contributed by atoms with Gasteiger partial charge in [0.2, 0.25) is 0 Å². The van der Waals surface area contributed by atoms with Gasteiger partial charge >= 0.3 is 5.97 Å². The Morgan fingerprint density at radius 2 is 1.65 bits per heavy atom. The third-order valence-electron chi connectivity index (χ3n) is 3.92. The van der Waals surface area contributed by atoms with Crippen LogP contribution < -0.4 is 0 Å². The smallest absolute Gasteiger partial charge is 0.336 e. The van der Waals surface area contributed by atoms with E-state index in [9.17, 15) is 19.2 Å². The maximum absolute atomic E-state index is 12.8. The van der Waals surface area contributed by atoms with Crippen molar-refractivity contribution < 1.29 is 24.0 Å². The van der Waals surface area contributed by atoms with Gasteiger partial charge in [-0.1, -0.05) is 30.3 Å². The highest BCUT2D eigenvalue weighted by molar-refractivity contribution is 6.12. The van der Waals surface area contributed by atoms with E-state index in [-0.39, 0.29) is 37.4 Å². The molecule has 1 unspecified atom stereocenters. The Bertz CT molecular complexity index is 640. The number of Topliss-reactive ketones (excluding diaryl/α,β-unsaturated/α-hetero) is 2. The number of hydrogen-bond acceptors (Lipinski definition) is 5. The van der Waals surface area contributed by atoms with E-state index in [0.717, 1.165) is 5.06 Å². The number of hydroxylamine groups is 2. The third-order valence-corrected chi connectivity index (χ3v) is 3.92. The van der Waals surface area contributed by atoms with Crippen molar-refractivity contribution in [1.82, 2.24) is 5.06 Å². The van der Waals surface area contributed by atoms with E-state index < -0.39 is 17.3 Å². The van der Waals surface area contributed by atoms with E-state index in [4.69, 9.17) is 4.84 Å². The van der Waals surface area contributed by atoms with Gasteiger partial charge in [-0.15, -0.1) is 0 Å². The minimum atomic E-state index is -1.51. The predicted octanol–water partition coefficient (Wildman–Crippen LogP) is 1.57. The third kappa shape index (κ3) is 3.31. The molecule has 0 saturated carbocycles. The Balaban J connectivity index is 2.36. The zero-order valence-corrected chi connectivity index (χ0v) is 13.2. The van der Waals surface area contributed by atoms with Crippen molar-refractivity contribution in [3.8, 4) is 0 Å². The fraction of sp³-hybridized carbons (Fsp3) is 0.412. The van der Waals surface area contributed by atoms with Crippen LogP contribution in [0.3, 0.4) is 0 Å². The number of benzene rings is 1. The summed E-state index contributed by atoms with van der Waals surface area (Å²) in [6.45, 7) is 2.84. The Hall–Kier alpha value is -2.50. The van der Waals surface area contributed by atoms with Crippen LogP contribution in [0.1, 0.15) is 38.7 Å². The number of nitrogens with zero attached hydrogens (tertiary/aromatic N) is 1. The van der Waals surface area contributed by atoms with Crippen LogP contribution in [0.5, 0.6) is 0 Å². The van der Waals surface area contributed by atoms with Crippen molar-refractivity contribution in [3.63, 3.8) is 0 Å². The molecular formula is C17H19NO5. The lowest BCUT2D eigenvalue weighted by molar-refractivity contribution is -0.178. The Labute approximate surface area is 134 Å². The molecular weight excluding hydrogens is 298 g/mol. The Morgan fingerprint density at radius 3 is 2.22 bits per heavy atom. The van der Waals surface area contributed by atoms with Crippen LogP contribution in [0, 0.1) is 0 Å². The molecule has 0 aliphatic carbocycles. The fourth-order valence-electron chi connectivity index (χ4n) is 2.61. The van der Waals surface area contributed by atoms with Crippen molar-refractivity contribution in [2.75, 3.05) is 6.54 Å². The number of hydrogen-bond donors (Lipinski definition) is 0. The van der Waals surface area contributed by atoms with Gasteiger partial charge in [0.05, 0.1) is 6.54 Å². The van der Waals surface area contributed by atoms with Gasteiger partial charge in [0, 0.05) is 12.8 Å². The molecule has 6 heteroatoms. The SMILES string of the molecule is CC(=O)CCN1OC(=O)C(CCC(C)=O)(c2ccccc2)C1=O. The summed E-state index contributed by atoms with van der Waals surface area (Å²) in [5, 5.41) is 0.941. The first-order valence-electron chi connectivity index (χ1n) is 7.46. The van der Waals surface area contributed by atoms with Gasteiger partial charge < -0.3 is 9.63 Å². The minimum Gasteiger partial charge on any atom is -0.336 e. The first-order valence-corrected chi connectivity index (χ1v) is 7.46. The maximum atomic E-state index is 12.8. The normalized spacial score (nSPS) is 20.5. The van der Waals surface area contributed by atoms with E-state index in [1.54, 1.807) is 30.3 Å². The summed E-state index contributed by atoms with van der Waals surface area (Å²) < 4.78 is 0. The second-order valence-corrected chi connectivity index (χ2v) is 5.71. The average Bonchev–Trinajstić information content (AvgIpc) is 2.76. The quantitative estimate of drug-likeness (QED) is 0.713. The molecule has 122 valence electrons. The Morgan fingerprint density at radius 1 is 1.04 bits per heavy atom. The summed E-state index contributed by atoms with van der Waals surface area (Å²) in [7, 11) is 0. The molecule has 1 aliphatic rings. The lowest BCUT2D eigenvalue weighted by Gasteiger charge is -2.22. The minimum absolute atomic E-state index is 0.0224. The number of rotatable bonds is 7. The van der Waals surface area contributed by atoms with Gasteiger partial charge in [0.25, 0.3) is 5.91 Å². The first kappa shape index (κ1) is 16.9. The lowest BCUT2D eigenvalue weighted by Crippen LogP contribution is -2.42. The van der Waals surface area contributed by atoms with Crippen molar-refractivity contribution in [2.24, 2.45) is 0 Å². The van der Waals surface area contributed by atoms with Crippen LogP contribution >= 0.6 is 0 Å². The van der Waals surface area contributed by atoms with E-state index >= 15 is 0 Å². The molecule has 0 bridgehead atoms. The van der Waals surface area contributed by atoms with Gasteiger partial charge in [-0.2, -0.15) is 5.06 Å². The van der Waals surface area contributed by atoms with Crippen LogP contribution in [0.25, 0.3) is 0 Å². The molecule has 1 aromatic carbocycles. The second kappa shape index (κ2) is 6.73. The van der Waals surface area contributed by atoms with Crippen molar-refractivity contribution in [1.29, 1.82) is 0 Å². The molecule has 0 aromatic heterocycles. The molecule has 0 spiro atoms. The summed E-state index contributed by atoms with van der Waals surface area (Å²) in [5.74, 6) is -1.42. The molecule has 1 saturated heterocycles. The fourth-order valence-corrected chi connectivity index (χ4v) is 2.61. The number of ketones is 2. The molecule has 1 heterocycles. The Kier molecular flexibility index (Phi) is 4.93. The van der Waals surface area contributed by atoms with Crippen LogP contribution in [0.4, 0.5) is 0 Å². The van der Waals surface area contributed by atoms with E-state index in [0.29, 0.717) is 5.56 Å². The summed E-state index contributed by atoms with van der Waals surface area (Å²) in [6.07, 6.45) is 0.257. The van der Waals surface area contributed by atoms with Crippen molar-refractivity contribution in [3.05, 3.63) is 35.9 Å². The predicted molar refractivity (Wildman–Crippen MR) is 81.1 cm³/mol. The van der Waals surface area contributed by atoms with Crippen molar-refractivity contribution in [2.45, 2.75) is 38.5 Å². The molecule has 0 N–H and O–H groups in total. The highest BCUT2D eigenvalue weighted by Crippen LogP contribution is 2.38. The average molecular weight is 317 g/mol. The summed E-state index contributed by atoms with van der Waals surface area (Å²) in [4.78, 5) is 52.9. The first-order chi connectivity index (χ1) is 10.9. The van der Waals surface area contributed by atoms with E-state index in [1.165, 1.54) is 13.8 Å². The summed E-state index contributed by atoms with van der Waals surface area (Å²) in [5.41, 5.74) is -1.01. The zero-order valence-electron chi connectivity index (χ0n) is 13.2. The molecule has 6 nitrogen and oxygen atoms in total.